The third-order valence-corrected chi connectivity index (χ3v) is 3.64. The number of benzene rings is 1. The number of rotatable bonds is 5. The lowest BCUT2D eigenvalue weighted by Crippen LogP contribution is -2.59. The zero-order valence-corrected chi connectivity index (χ0v) is 12.9. The van der Waals surface area contributed by atoms with E-state index in [4.69, 9.17) is 14.6 Å². The third-order valence-electron chi connectivity index (χ3n) is 3.64. The summed E-state index contributed by atoms with van der Waals surface area (Å²) in [5.74, 6) is -1.90. The highest BCUT2D eigenvalue weighted by atomic mass is 16.7. The maximum Gasteiger partial charge on any atom is 0.371 e. The van der Waals surface area contributed by atoms with E-state index in [-0.39, 0.29) is 0 Å². The monoisotopic (exact) mass is 340 g/mol. The third kappa shape index (κ3) is 4.11. The van der Waals surface area contributed by atoms with Gasteiger partial charge in [0.2, 0.25) is 12.0 Å². The van der Waals surface area contributed by atoms with Gasteiger partial charge in [0.1, 0.15) is 24.4 Å². The predicted octanol–water partition coefficient (Wildman–Crippen LogP) is -0.763. The number of hydrogen-bond donors (Lipinski definition) is 5. The van der Waals surface area contributed by atoms with E-state index in [1.807, 2.05) is 13.0 Å². The Morgan fingerprint density at radius 3 is 2.54 bits per heavy atom. The van der Waals surface area contributed by atoms with Crippen LogP contribution in [0.5, 0.6) is 0 Å². The second-order valence-corrected chi connectivity index (χ2v) is 5.54. The molecule has 0 spiro atoms. The number of ether oxygens (including phenoxy) is 2. The molecule has 0 amide bonds. The molecule has 1 aromatic rings. The number of carboxylic acid groups (broad SMARTS) is 1. The van der Waals surface area contributed by atoms with Gasteiger partial charge in [-0.3, -0.25) is 0 Å². The van der Waals surface area contributed by atoms with Crippen LogP contribution >= 0.6 is 0 Å². The minimum absolute atomic E-state index is 0.509. The summed E-state index contributed by atoms with van der Waals surface area (Å²) in [7, 11) is 0. The summed E-state index contributed by atoms with van der Waals surface area (Å²) in [5, 5.41) is 47.7. The summed E-state index contributed by atoms with van der Waals surface area (Å²) in [4.78, 5) is 11.4. The molecule has 0 aromatic heterocycles. The van der Waals surface area contributed by atoms with Gasteiger partial charge in [-0.25, -0.2) is 4.79 Å². The molecule has 0 radical (unpaired) electrons. The van der Waals surface area contributed by atoms with E-state index >= 15 is 0 Å². The number of carboxylic acids is 1. The normalized spacial score (nSPS) is 30.9. The minimum atomic E-state index is -1.68. The van der Waals surface area contributed by atoms with Crippen molar-refractivity contribution < 1.29 is 39.8 Å². The van der Waals surface area contributed by atoms with Crippen LogP contribution in [0.1, 0.15) is 11.1 Å². The molecular formula is C16H20O8. The Labute approximate surface area is 138 Å². The summed E-state index contributed by atoms with van der Waals surface area (Å²) in [6.07, 6.45) is -6.34. The summed E-state index contributed by atoms with van der Waals surface area (Å²) >= 11 is 0. The summed E-state index contributed by atoms with van der Waals surface area (Å²) < 4.78 is 10.3. The lowest BCUT2D eigenvalue weighted by Gasteiger charge is -2.39. The number of aryl methyl sites for hydroxylation is 1. The fourth-order valence-corrected chi connectivity index (χ4v) is 2.35. The maximum atomic E-state index is 11.4. The molecule has 1 fully saturated rings. The Kier molecular flexibility index (Phi) is 5.92. The van der Waals surface area contributed by atoms with Crippen LogP contribution < -0.4 is 0 Å². The van der Waals surface area contributed by atoms with Crippen LogP contribution in [0.4, 0.5) is 0 Å². The van der Waals surface area contributed by atoms with Gasteiger partial charge in [0.05, 0.1) is 6.61 Å². The van der Waals surface area contributed by atoms with E-state index in [0.717, 1.165) is 5.56 Å². The average Bonchev–Trinajstić information content (AvgIpc) is 2.54. The fraction of sp³-hybridized carbons (Fsp3) is 0.438. The van der Waals surface area contributed by atoms with Crippen LogP contribution in [0.3, 0.4) is 0 Å². The molecule has 5 atom stereocenters. The summed E-state index contributed by atoms with van der Waals surface area (Å²) in [5.41, 5.74) is 1.48. The fourth-order valence-electron chi connectivity index (χ4n) is 2.35. The quantitative estimate of drug-likeness (QED) is 0.348. The SMILES string of the molecule is Cc1cccc(/C=C(/O[C@H]2O[C@@H](CO)[C@@H](O)[C@H](O)[C@H]2O)C(=O)O)c1. The van der Waals surface area contributed by atoms with Gasteiger partial charge in [0, 0.05) is 0 Å². The lowest BCUT2D eigenvalue weighted by molar-refractivity contribution is -0.291. The Morgan fingerprint density at radius 2 is 1.96 bits per heavy atom. The molecule has 0 unspecified atom stereocenters. The van der Waals surface area contributed by atoms with Crippen LogP contribution in [0.25, 0.3) is 6.08 Å². The van der Waals surface area contributed by atoms with Gasteiger partial charge in [-0.2, -0.15) is 0 Å². The van der Waals surface area contributed by atoms with Gasteiger partial charge in [-0.05, 0) is 18.6 Å². The van der Waals surface area contributed by atoms with Gasteiger partial charge in [-0.1, -0.05) is 29.8 Å². The number of aliphatic hydroxyl groups is 4. The Hall–Kier alpha value is -1.97. The number of aliphatic carboxylic acids is 1. The first-order valence-corrected chi connectivity index (χ1v) is 7.32. The second-order valence-electron chi connectivity index (χ2n) is 5.54. The Balaban J connectivity index is 2.22. The molecule has 0 aliphatic carbocycles. The first kappa shape index (κ1) is 18.4. The largest absolute Gasteiger partial charge is 0.475 e. The summed E-state index contributed by atoms with van der Waals surface area (Å²) in [6.45, 7) is 1.21. The van der Waals surface area contributed by atoms with Crippen molar-refractivity contribution in [2.24, 2.45) is 0 Å². The standard InChI is InChI=1S/C16H20O8/c1-8-3-2-4-9(5-8)6-10(15(21)22)23-16-14(20)13(19)12(18)11(7-17)24-16/h2-6,11-14,16-20H,7H2,1H3,(H,21,22)/b10-6+/t11-,12+,13-,14+,16-/m0/s1. The first-order chi connectivity index (χ1) is 11.3. The molecule has 1 aliphatic heterocycles. The highest BCUT2D eigenvalue weighted by Crippen LogP contribution is 2.24. The number of carbonyl (C=O) groups is 1. The van der Waals surface area contributed by atoms with Crippen molar-refractivity contribution in [2.45, 2.75) is 37.6 Å². The van der Waals surface area contributed by atoms with Crippen molar-refractivity contribution in [3.63, 3.8) is 0 Å². The molecule has 1 saturated heterocycles. The minimum Gasteiger partial charge on any atom is -0.475 e. The number of aliphatic hydroxyl groups excluding tert-OH is 4. The van der Waals surface area contributed by atoms with Crippen molar-refractivity contribution in [3.05, 3.63) is 41.2 Å². The second kappa shape index (κ2) is 7.73. The molecule has 24 heavy (non-hydrogen) atoms. The topological polar surface area (TPSA) is 137 Å². The van der Waals surface area contributed by atoms with E-state index in [0.29, 0.717) is 5.56 Å². The van der Waals surface area contributed by atoms with Gasteiger partial charge in [-0.15, -0.1) is 0 Å². The molecule has 0 bridgehead atoms. The van der Waals surface area contributed by atoms with E-state index < -0.39 is 49.0 Å². The van der Waals surface area contributed by atoms with E-state index in [2.05, 4.69) is 0 Å². The van der Waals surface area contributed by atoms with E-state index in [1.165, 1.54) is 6.08 Å². The van der Waals surface area contributed by atoms with Crippen LogP contribution in [-0.4, -0.2) is 68.8 Å². The maximum absolute atomic E-state index is 11.4. The first-order valence-electron chi connectivity index (χ1n) is 7.32. The van der Waals surface area contributed by atoms with Crippen molar-refractivity contribution in [1.82, 2.24) is 0 Å². The van der Waals surface area contributed by atoms with Crippen LogP contribution in [0.2, 0.25) is 0 Å². The van der Waals surface area contributed by atoms with Gasteiger partial charge < -0.3 is 35.0 Å². The van der Waals surface area contributed by atoms with Gasteiger partial charge in [0.25, 0.3) is 0 Å². The molecule has 1 aliphatic rings. The van der Waals surface area contributed by atoms with Crippen molar-refractivity contribution in [2.75, 3.05) is 6.61 Å². The van der Waals surface area contributed by atoms with E-state index in [1.54, 1.807) is 18.2 Å². The van der Waals surface area contributed by atoms with Gasteiger partial charge >= 0.3 is 5.97 Å². The van der Waals surface area contributed by atoms with Crippen LogP contribution in [0, 0.1) is 6.92 Å². The molecule has 0 saturated carbocycles. The predicted molar refractivity (Wildman–Crippen MR) is 81.6 cm³/mol. The highest BCUT2D eigenvalue weighted by Gasteiger charge is 2.45. The molecule has 1 heterocycles. The van der Waals surface area contributed by atoms with Crippen LogP contribution in [-0.2, 0) is 14.3 Å². The van der Waals surface area contributed by atoms with E-state index in [9.17, 15) is 25.2 Å². The molecule has 8 heteroatoms. The molecule has 8 nitrogen and oxygen atoms in total. The molecular weight excluding hydrogens is 320 g/mol. The smallest absolute Gasteiger partial charge is 0.371 e. The molecule has 5 N–H and O–H groups in total. The van der Waals surface area contributed by atoms with Crippen LogP contribution in [0.15, 0.2) is 30.0 Å². The van der Waals surface area contributed by atoms with Crippen molar-refractivity contribution >= 4 is 12.0 Å². The Bertz CT molecular complexity index is 612. The number of hydrogen-bond acceptors (Lipinski definition) is 7. The van der Waals surface area contributed by atoms with Crippen molar-refractivity contribution in [3.8, 4) is 0 Å². The highest BCUT2D eigenvalue weighted by molar-refractivity contribution is 5.89. The Morgan fingerprint density at radius 1 is 1.25 bits per heavy atom. The summed E-state index contributed by atoms with van der Waals surface area (Å²) in [6, 6.07) is 7.00. The lowest BCUT2D eigenvalue weighted by atomic mass is 9.99. The zero-order valence-electron chi connectivity index (χ0n) is 12.9. The molecule has 2 rings (SSSR count). The molecule has 132 valence electrons. The zero-order chi connectivity index (χ0) is 17.9. The van der Waals surface area contributed by atoms with Gasteiger partial charge in [0.15, 0.2) is 0 Å². The average molecular weight is 340 g/mol. The molecule has 1 aromatic carbocycles. The van der Waals surface area contributed by atoms with Crippen molar-refractivity contribution in [1.29, 1.82) is 0 Å².